The Kier molecular flexibility index (Phi) is 6.60. The fourth-order valence-corrected chi connectivity index (χ4v) is 4.51. The highest BCUT2D eigenvalue weighted by Crippen LogP contribution is 2.39. The van der Waals surface area contributed by atoms with Crippen LogP contribution in [-0.4, -0.2) is 14.8 Å². The second kappa shape index (κ2) is 9.72. The van der Waals surface area contributed by atoms with Gasteiger partial charge in [-0.15, -0.1) is 0 Å². The zero-order valence-electron chi connectivity index (χ0n) is 19.8. The smallest absolute Gasteiger partial charge is 0.417 e. The van der Waals surface area contributed by atoms with Gasteiger partial charge < -0.3 is 4.74 Å². The minimum atomic E-state index is -4.58. The molecular weight excluding hydrogens is 522 g/mol. The molecule has 0 saturated carbocycles. The maximum Gasteiger partial charge on any atom is 0.417 e. The summed E-state index contributed by atoms with van der Waals surface area (Å²) >= 11 is 12.1. The Hall–Kier alpha value is -3.55. The summed E-state index contributed by atoms with van der Waals surface area (Å²) < 4.78 is 49.7. The van der Waals surface area contributed by atoms with Crippen molar-refractivity contribution >= 4 is 34.2 Å². The predicted molar refractivity (Wildman–Crippen MR) is 140 cm³/mol. The maximum absolute atomic E-state index is 14.1. The van der Waals surface area contributed by atoms with Gasteiger partial charge in [0.15, 0.2) is 5.65 Å². The molecule has 0 amide bonds. The van der Waals surface area contributed by atoms with Crippen molar-refractivity contribution in [3.63, 3.8) is 0 Å². The van der Waals surface area contributed by atoms with Crippen LogP contribution in [0.25, 0.3) is 28.0 Å². The lowest BCUT2D eigenvalue weighted by Crippen LogP contribution is -2.08. The molecule has 5 rings (SSSR count). The van der Waals surface area contributed by atoms with Crippen molar-refractivity contribution < 1.29 is 17.9 Å². The topological polar surface area (TPSA) is 39.9 Å². The number of rotatable bonds is 5. The van der Waals surface area contributed by atoms with Gasteiger partial charge >= 0.3 is 6.18 Å². The molecule has 3 aromatic carbocycles. The van der Waals surface area contributed by atoms with E-state index in [1.807, 2.05) is 31.2 Å². The molecule has 0 fully saturated rings. The van der Waals surface area contributed by atoms with Gasteiger partial charge in [-0.3, -0.25) is 0 Å². The van der Waals surface area contributed by atoms with E-state index >= 15 is 0 Å². The van der Waals surface area contributed by atoms with Crippen LogP contribution in [0.2, 0.25) is 10.0 Å². The summed E-state index contributed by atoms with van der Waals surface area (Å²) in [6.07, 6.45) is -4.58. The Labute approximate surface area is 221 Å². The summed E-state index contributed by atoms with van der Waals surface area (Å²) in [6, 6.07) is 20.3. The number of pyridine rings is 1. The van der Waals surface area contributed by atoms with Crippen molar-refractivity contribution in [1.29, 1.82) is 0 Å². The lowest BCUT2D eigenvalue weighted by Gasteiger charge is -2.13. The Morgan fingerprint density at radius 3 is 2.24 bits per heavy atom. The predicted octanol–water partition coefficient (Wildman–Crippen LogP) is 8.61. The molecule has 188 valence electrons. The first-order chi connectivity index (χ1) is 17.6. The highest BCUT2D eigenvalue weighted by Gasteiger charge is 2.35. The average molecular weight is 542 g/mol. The fourth-order valence-electron chi connectivity index (χ4n) is 4.05. The van der Waals surface area contributed by atoms with Crippen LogP contribution in [0.1, 0.15) is 22.4 Å². The van der Waals surface area contributed by atoms with Crippen LogP contribution >= 0.6 is 23.2 Å². The molecule has 5 aromatic rings. The van der Waals surface area contributed by atoms with Crippen LogP contribution in [0.5, 0.6) is 5.75 Å². The summed E-state index contributed by atoms with van der Waals surface area (Å²) in [6.45, 7) is 3.71. The number of hydrogen-bond donors (Lipinski definition) is 0. The van der Waals surface area contributed by atoms with E-state index in [0.717, 1.165) is 17.2 Å². The highest BCUT2D eigenvalue weighted by molar-refractivity contribution is 6.35. The number of fused-ring (bicyclic) bond motifs is 1. The van der Waals surface area contributed by atoms with E-state index in [-0.39, 0.29) is 29.0 Å². The Balaban J connectivity index is 1.52. The molecule has 0 radical (unpaired) electrons. The molecular formula is C28H20Cl2F3N3O. The van der Waals surface area contributed by atoms with Gasteiger partial charge in [0.2, 0.25) is 0 Å². The normalized spacial score (nSPS) is 11.8. The molecule has 0 aliphatic rings. The van der Waals surface area contributed by atoms with Crippen LogP contribution < -0.4 is 4.74 Å². The molecule has 37 heavy (non-hydrogen) atoms. The Morgan fingerprint density at radius 1 is 0.892 bits per heavy atom. The third-order valence-electron chi connectivity index (χ3n) is 5.96. The molecule has 0 aliphatic heterocycles. The van der Waals surface area contributed by atoms with Crippen molar-refractivity contribution in [1.82, 2.24) is 14.8 Å². The van der Waals surface area contributed by atoms with E-state index in [1.165, 1.54) is 4.68 Å². The molecule has 4 nitrogen and oxygen atoms in total. The summed E-state index contributed by atoms with van der Waals surface area (Å²) in [5.41, 5.74) is 2.74. The average Bonchev–Trinajstić information content (AvgIpc) is 3.19. The first kappa shape index (κ1) is 25.1. The second-order valence-electron chi connectivity index (χ2n) is 8.63. The van der Waals surface area contributed by atoms with Crippen LogP contribution in [0.15, 0.2) is 72.8 Å². The van der Waals surface area contributed by atoms with Crippen molar-refractivity contribution in [2.24, 2.45) is 0 Å². The van der Waals surface area contributed by atoms with Crippen LogP contribution in [0.3, 0.4) is 0 Å². The summed E-state index contributed by atoms with van der Waals surface area (Å²) in [5, 5.41) is 5.39. The van der Waals surface area contributed by atoms with E-state index in [1.54, 1.807) is 49.4 Å². The van der Waals surface area contributed by atoms with Crippen molar-refractivity contribution in [3.05, 3.63) is 105 Å². The molecule has 0 atom stereocenters. The molecule has 0 aliphatic carbocycles. The van der Waals surface area contributed by atoms with Crippen LogP contribution in [0, 0.1) is 13.8 Å². The molecule has 2 aromatic heterocycles. The number of aromatic nitrogens is 3. The number of halogens is 5. The standard InChI is InChI=1S/C28H20Cl2F3N3O/c1-16-3-9-21(10-4-16)36-27-26(17(2)35-36)23(28(31,32)33)14-25(34-27)18-6-11-22(12-7-18)37-15-19-5-8-20(29)13-24(19)30/h3-14H,15H2,1-2H3. The molecule has 0 N–H and O–H groups in total. The lowest BCUT2D eigenvalue weighted by molar-refractivity contribution is -0.136. The van der Waals surface area contributed by atoms with Crippen LogP contribution in [0.4, 0.5) is 13.2 Å². The largest absolute Gasteiger partial charge is 0.489 e. The van der Waals surface area contributed by atoms with E-state index in [2.05, 4.69) is 10.1 Å². The minimum Gasteiger partial charge on any atom is -0.489 e. The molecule has 0 bridgehead atoms. The zero-order valence-corrected chi connectivity index (χ0v) is 21.3. The molecule has 0 spiro atoms. The van der Waals surface area contributed by atoms with E-state index in [9.17, 15) is 13.2 Å². The molecule has 2 heterocycles. The van der Waals surface area contributed by atoms with Gasteiger partial charge in [0, 0.05) is 21.2 Å². The number of benzene rings is 3. The highest BCUT2D eigenvalue weighted by atomic mass is 35.5. The van der Waals surface area contributed by atoms with Gasteiger partial charge in [0.1, 0.15) is 12.4 Å². The lowest BCUT2D eigenvalue weighted by atomic mass is 10.0. The first-order valence-corrected chi connectivity index (χ1v) is 12.1. The van der Waals surface area contributed by atoms with Crippen molar-refractivity contribution in [2.75, 3.05) is 0 Å². The van der Waals surface area contributed by atoms with Gasteiger partial charge in [-0.25, -0.2) is 9.67 Å². The fraction of sp³-hybridized carbons (Fsp3) is 0.143. The van der Waals surface area contributed by atoms with Gasteiger partial charge in [0.25, 0.3) is 0 Å². The van der Waals surface area contributed by atoms with Crippen molar-refractivity contribution in [2.45, 2.75) is 26.6 Å². The summed E-state index contributed by atoms with van der Waals surface area (Å²) in [4.78, 5) is 4.61. The Morgan fingerprint density at radius 2 is 1.59 bits per heavy atom. The minimum absolute atomic E-state index is 0.0170. The number of ether oxygens (including phenoxy) is 1. The number of hydrogen-bond acceptors (Lipinski definition) is 3. The van der Waals surface area contributed by atoms with Crippen molar-refractivity contribution in [3.8, 4) is 22.7 Å². The summed E-state index contributed by atoms with van der Waals surface area (Å²) in [5.74, 6) is 0.535. The SMILES string of the molecule is Cc1ccc(-n2nc(C)c3c(C(F)(F)F)cc(-c4ccc(OCc5ccc(Cl)cc5Cl)cc4)nc32)cc1. The van der Waals surface area contributed by atoms with Crippen LogP contribution in [-0.2, 0) is 12.8 Å². The second-order valence-corrected chi connectivity index (χ2v) is 9.48. The third kappa shape index (κ3) is 5.15. The van der Waals surface area contributed by atoms with Gasteiger partial charge in [-0.05, 0) is 68.4 Å². The van der Waals surface area contributed by atoms with E-state index in [4.69, 9.17) is 27.9 Å². The quantitative estimate of drug-likeness (QED) is 0.223. The number of aryl methyl sites for hydroxylation is 2. The zero-order chi connectivity index (χ0) is 26.3. The molecule has 9 heteroatoms. The summed E-state index contributed by atoms with van der Waals surface area (Å²) in [7, 11) is 0. The molecule has 0 saturated heterocycles. The first-order valence-electron chi connectivity index (χ1n) is 11.3. The third-order valence-corrected chi connectivity index (χ3v) is 6.54. The maximum atomic E-state index is 14.1. The van der Waals surface area contributed by atoms with Gasteiger partial charge in [0.05, 0.1) is 28.0 Å². The Bertz CT molecular complexity index is 1600. The van der Waals surface area contributed by atoms with E-state index < -0.39 is 11.7 Å². The number of nitrogens with zero attached hydrogens (tertiary/aromatic N) is 3. The molecule has 0 unspecified atom stereocenters. The van der Waals surface area contributed by atoms with Gasteiger partial charge in [-0.2, -0.15) is 18.3 Å². The monoisotopic (exact) mass is 541 g/mol. The van der Waals surface area contributed by atoms with Gasteiger partial charge in [-0.1, -0.05) is 47.0 Å². The van der Waals surface area contributed by atoms with E-state index in [0.29, 0.717) is 27.0 Å². The number of alkyl halides is 3.